The molecule has 0 saturated heterocycles. The first-order valence-electron chi connectivity index (χ1n) is 9.68. The number of amides is 1. The summed E-state index contributed by atoms with van der Waals surface area (Å²) < 4.78 is 0. The van der Waals surface area contributed by atoms with Gasteiger partial charge in [0, 0.05) is 12.1 Å². The summed E-state index contributed by atoms with van der Waals surface area (Å²) in [5, 5.41) is 3.45. The number of carbonyl (C=O) groups is 1. The molecule has 0 spiro atoms. The second-order valence-corrected chi connectivity index (χ2v) is 8.73. The van der Waals surface area contributed by atoms with Crippen molar-refractivity contribution in [1.29, 1.82) is 0 Å². The number of rotatable bonds is 4. The molecule has 0 aliphatic heterocycles. The molecule has 0 unspecified atom stereocenters. The van der Waals surface area contributed by atoms with E-state index in [1.54, 1.807) is 0 Å². The Labute approximate surface area is 135 Å². The van der Waals surface area contributed by atoms with Crippen molar-refractivity contribution in [2.24, 2.45) is 23.7 Å². The third-order valence-corrected chi connectivity index (χ3v) is 7.15. The number of nitrogens with one attached hydrogen (secondary N) is 1. The van der Waals surface area contributed by atoms with Gasteiger partial charge in [-0.2, -0.15) is 0 Å². The summed E-state index contributed by atoms with van der Waals surface area (Å²) in [5.74, 6) is 3.84. The van der Waals surface area contributed by atoms with Gasteiger partial charge in [0.1, 0.15) is 0 Å². The van der Waals surface area contributed by atoms with Crippen molar-refractivity contribution in [2.75, 3.05) is 13.6 Å². The number of hydrogen-bond donors (Lipinski definition) is 1. The van der Waals surface area contributed by atoms with Crippen LogP contribution in [0.5, 0.6) is 0 Å². The molecule has 5 aliphatic carbocycles. The average Bonchev–Trinajstić information content (AvgIpc) is 2.51. The van der Waals surface area contributed by atoms with E-state index in [0.717, 1.165) is 23.7 Å². The third kappa shape index (κ3) is 2.93. The standard InChI is InChI=1S/C19H32N2O/c1-21(17-5-3-2-4-6-17)12-18(22)20-19-15-8-13-7-14(10-15)11-16(19)9-13/h13-17,19H,2-12H2,1H3,(H,20,22). The highest BCUT2D eigenvalue weighted by Gasteiger charge is 2.48. The highest BCUT2D eigenvalue weighted by Crippen LogP contribution is 2.53. The Morgan fingerprint density at radius 2 is 1.55 bits per heavy atom. The smallest absolute Gasteiger partial charge is 0.234 e. The van der Waals surface area contributed by atoms with E-state index in [9.17, 15) is 4.79 Å². The van der Waals surface area contributed by atoms with E-state index in [1.165, 1.54) is 64.2 Å². The van der Waals surface area contributed by atoms with Crippen molar-refractivity contribution >= 4 is 5.91 Å². The Balaban J connectivity index is 1.30. The largest absolute Gasteiger partial charge is 0.352 e. The summed E-state index contributed by atoms with van der Waals surface area (Å²) in [6, 6.07) is 1.14. The van der Waals surface area contributed by atoms with E-state index in [4.69, 9.17) is 0 Å². The van der Waals surface area contributed by atoms with Crippen LogP contribution in [0.2, 0.25) is 0 Å². The van der Waals surface area contributed by atoms with E-state index in [1.807, 2.05) is 0 Å². The quantitative estimate of drug-likeness (QED) is 0.865. The molecule has 3 nitrogen and oxygen atoms in total. The first-order valence-corrected chi connectivity index (χ1v) is 9.68. The van der Waals surface area contributed by atoms with Crippen LogP contribution in [0.15, 0.2) is 0 Å². The molecule has 5 saturated carbocycles. The predicted molar refractivity (Wildman–Crippen MR) is 88.5 cm³/mol. The Bertz CT molecular complexity index is 388. The fraction of sp³-hybridized carbons (Fsp3) is 0.947. The molecular formula is C19H32N2O. The van der Waals surface area contributed by atoms with Crippen LogP contribution in [-0.2, 0) is 4.79 Å². The second kappa shape index (κ2) is 6.14. The van der Waals surface area contributed by atoms with E-state index in [0.29, 0.717) is 18.6 Å². The Hall–Kier alpha value is -0.570. The van der Waals surface area contributed by atoms with Crippen molar-refractivity contribution in [3.63, 3.8) is 0 Å². The first-order chi connectivity index (χ1) is 10.7. The molecule has 0 aromatic carbocycles. The summed E-state index contributed by atoms with van der Waals surface area (Å²) in [5.41, 5.74) is 0. The van der Waals surface area contributed by atoms with Gasteiger partial charge in [0.2, 0.25) is 5.91 Å². The lowest BCUT2D eigenvalue weighted by Gasteiger charge is -2.54. The average molecular weight is 304 g/mol. The zero-order valence-corrected chi connectivity index (χ0v) is 14.1. The second-order valence-electron chi connectivity index (χ2n) is 8.73. The SMILES string of the molecule is CN(CC(=O)NC1C2CC3CC(C2)CC1C3)C1CCCCC1. The van der Waals surface area contributed by atoms with Crippen LogP contribution >= 0.6 is 0 Å². The number of carbonyl (C=O) groups excluding carboxylic acids is 1. The van der Waals surface area contributed by atoms with Crippen molar-refractivity contribution in [1.82, 2.24) is 10.2 Å². The maximum atomic E-state index is 12.5. The molecule has 0 heterocycles. The minimum atomic E-state index is 0.283. The molecule has 5 fully saturated rings. The van der Waals surface area contributed by atoms with Crippen molar-refractivity contribution < 1.29 is 4.79 Å². The van der Waals surface area contributed by atoms with Gasteiger partial charge in [0.15, 0.2) is 0 Å². The summed E-state index contributed by atoms with van der Waals surface area (Å²) in [7, 11) is 2.15. The molecular weight excluding hydrogens is 272 g/mol. The fourth-order valence-electron chi connectivity index (χ4n) is 6.27. The van der Waals surface area contributed by atoms with Gasteiger partial charge in [0.25, 0.3) is 0 Å². The molecule has 0 radical (unpaired) electrons. The first kappa shape index (κ1) is 15.0. The van der Waals surface area contributed by atoms with Gasteiger partial charge in [-0.15, -0.1) is 0 Å². The summed E-state index contributed by atoms with van der Waals surface area (Å²) in [4.78, 5) is 14.8. The van der Waals surface area contributed by atoms with Crippen LogP contribution in [0, 0.1) is 23.7 Å². The van der Waals surface area contributed by atoms with E-state index >= 15 is 0 Å². The summed E-state index contributed by atoms with van der Waals surface area (Å²) in [6.07, 6.45) is 13.6. The van der Waals surface area contributed by atoms with E-state index in [-0.39, 0.29) is 5.91 Å². The van der Waals surface area contributed by atoms with Gasteiger partial charge in [0.05, 0.1) is 6.54 Å². The number of nitrogens with zero attached hydrogens (tertiary/aromatic N) is 1. The Morgan fingerprint density at radius 1 is 0.955 bits per heavy atom. The molecule has 5 aliphatic rings. The highest BCUT2D eigenvalue weighted by molar-refractivity contribution is 5.78. The zero-order valence-electron chi connectivity index (χ0n) is 14.1. The fourth-order valence-corrected chi connectivity index (χ4v) is 6.27. The van der Waals surface area contributed by atoms with Gasteiger partial charge >= 0.3 is 0 Å². The predicted octanol–water partition coefficient (Wildman–Crippen LogP) is 3.19. The Morgan fingerprint density at radius 3 is 2.14 bits per heavy atom. The molecule has 22 heavy (non-hydrogen) atoms. The van der Waals surface area contributed by atoms with Gasteiger partial charge < -0.3 is 5.32 Å². The topological polar surface area (TPSA) is 32.3 Å². The van der Waals surface area contributed by atoms with Gasteiger partial charge in [-0.3, -0.25) is 9.69 Å². The van der Waals surface area contributed by atoms with Crippen LogP contribution in [-0.4, -0.2) is 36.5 Å². The summed E-state index contributed by atoms with van der Waals surface area (Å²) >= 11 is 0. The van der Waals surface area contributed by atoms with Gasteiger partial charge in [-0.1, -0.05) is 19.3 Å². The molecule has 0 atom stereocenters. The lowest BCUT2D eigenvalue weighted by atomic mass is 9.54. The monoisotopic (exact) mass is 304 g/mol. The molecule has 1 N–H and O–H groups in total. The molecule has 0 aromatic rings. The lowest BCUT2D eigenvalue weighted by molar-refractivity contribution is -0.126. The minimum absolute atomic E-state index is 0.283. The zero-order chi connectivity index (χ0) is 15.1. The maximum absolute atomic E-state index is 12.5. The molecule has 5 rings (SSSR count). The normalized spacial score (nSPS) is 41.1. The Kier molecular flexibility index (Phi) is 4.19. The van der Waals surface area contributed by atoms with Crippen molar-refractivity contribution in [3.8, 4) is 0 Å². The van der Waals surface area contributed by atoms with Crippen LogP contribution in [0.3, 0.4) is 0 Å². The van der Waals surface area contributed by atoms with Crippen LogP contribution < -0.4 is 5.32 Å². The number of hydrogen-bond acceptors (Lipinski definition) is 2. The molecule has 0 aromatic heterocycles. The summed E-state index contributed by atoms with van der Waals surface area (Å²) in [6.45, 7) is 0.605. The van der Waals surface area contributed by atoms with Crippen LogP contribution in [0.1, 0.15) is 64.2 Å². The highest BCUT2D eigenvalue weighted by atomic mass is 16.2. The van der Waals surface area contributed by atoms with Crippen molar-refractivity contribution in [2.45, 2.75) is 76.3 Å². The van der Waals surface area contributed by atoms with Crippen LogP contribution in [0.4, 0.5) is 0 Å². The van der Waals surface area contributed by atoms with E-state index in [2.05, 4.69) is 17.3 Å². The molecule has 3 heteroatoms. The molecule has 4 bridgehead atoms. The molecule has 124 valence electrons. The van der Waals surface area contributed by atoms with Crippen LogP contribution in [0.25, 0.3) is 0 Å². The number of likely N-dealkylation sites (N-methyl/N-ethyl adjacent to an activating group) is 1. The minimum Gasteiger partial charge on any atom is -0.352 e. The van der Waals surface area contributed by atoms with Gasteiger partial charge in [-0.05, 0) is 75.7 Å². The van der Waals surface area contributed by atoms with Gasteiger partial charge in [-0.25, -0.2) is 0 Å². The third-order valence-electron chi connectivity index (χ3n) is 7.15. The molecule has 1 amide bonds. The lowest BCUT2D eigenvalue weighted by Crippen LogP contribution is -2.57. The van der Waals surface area contributed by atoms with E-state index < -0.39 is 0 Å². The maximum Gasteiger partial charge on any atom is 0.234 e. The van der Waals surface area contributed by atoms with Crippen molar-refractivity contribution in [3.05, 3.63) is 0 Å².